The summed E-state index contributed by atoms with van der Waals surface area (Å²) in [5, 5.41) is 1.31. The third kappa shape index (κ3) is 2.20. The molecule has 2 heterocycles. The molecule has 0 fully saturated rings. The molecule has 0 spiro atoms. The van der Waals surface area contributed by atoms with Crippen molar-refractivity contribution in [3.05, 3.63) is 35.5 Å². The van der Waals surface area contributed by atoms with E-state index < -0.39 is 0 Å². The van der Waals surface area contributed by atoms with Gasteiger partial charge in [-0.1, -0.05) is 18.2 Å². The van der Waals surface area contributed by atoms with Crippen LogP contribution in [0, 0.1) is 0 Å². The summed E-state index contributed by atoms with van der Waals surface area (Å²) in [6.45, 7) is 5.69. The summed E-state index contributed by atoms with van der Waals surface area (Å²) >= 11 is 0. The first-order valence-electron chi connectivity index (χ1n) is 7.20. The highest BCUT2D eigenvalue weighted by Gasteiger charge is 2.28. The van der Waals surface area contributed by atoms with Crippen molar-refractivity contribution in [2.45, 2.75) is 26.3 Å². The van der Waals surface area contributed by atoms with Gasteiger partial charge in [0.1, 0.15) is 0 Å². The second kappa shape index (κ2) is 5.29. The Kier molecular flexibility index (Phi) is 3.49. The molecule has 1 unspecified atom stereocenters. The van der Waals surface area contributed by atoms with Crippen LogP contribution in [0.25, 0.3) is 10.9 Å². The molecule has 3 rings (SSSR count). The number of nitrogens with one attached hydrogen (secondary N) is 1. The highest BCUT2D eigenvalue weighted by atomic mass is 16.5. The number of nitrogens with zero attached hydrogens (tertiary/aromatic N) is 1. The summed E-state index contributed by atoms with van der Waals surface area (Å²) in [6, 6.07) is 8.61. The number of carbonyl (C=O) groups excluding carboxylic acids is 1. The molecule has 1 aliphatic heterocycles. The Morgan fingerprint density at radius 3 is 3.05 bits per heavy atom. The Morgan fingerprint density at radius 2 is 2.25 bits per heavy atom. The van der Waals surface area contributed by atoms with Gasteiger partial charge in [0.25, 0.3) is 0 Å². The van der Waals surface area contributed by atoms with Gasteiger partial charge in [0.2, 0.25) is 0 Å². The SMILES string of the molecule is CCOC(=O)CN1CCc2c([nH]c3ccccc23)C1C. The summed E-state index contributed by atoms with van der Waals surface area (Å²) in [7, 11) is 0. The minimum atomic E-state index is -0.140. The Labute approximate surface area is 118 Å². The van der Waals surface area contributed by atoms with Gasteiger partial charge in [0, 0.05) is 29.2 Å². The maximum absolute atomic E-state index is 11.7. The van der Waals surface area contributed by atoms with Crippen LogP contribution in [-0.2, 0) is 16.0 Å². The first-order chi connectivity index (χ1) is 9.70. The first kappa shape index (κ1) is 13.2. The van der Waals surface area contributed by atoms with Crippen molar-refractivity contribution >= 4 is 16.9 Å². The molecule has 1 aromatic heterocycles. The van der Waals surface area contributed by atoms with Crippen LogP contribution in [0.3, 0.4) is 0 Å². The molecular weight excluding hydrogens is 252 g/mol. The van der Waals surface area contributed by atoms with Gasteiger partial charge in [-0.15, -0.1) is 0 Å². The number of carbonyl (C=O) groups is 1. The number of ether oxygens (including phenoxy) is 1. The van der Waals surface area contributed by atoms with Crippen LogP contribution in [-0.4, -0.2) is 35.5 Å². The Balaban J connectivity index is 1.87. The maximum atomic E-state index is 11.7. The van der Waals surface area contributed by atoms with Gasteiger partial charge in [-0.05, 0) is 31.9 Å². The van der Waals surface area contributed by atoms with E-state index in [1.165, 1.54) is 22.2 Å². The zero-order valence-electron chi connectivity index (χ0n) is 12.0. The van der Waals surface area contributed by atoms with E-state index in [0.29, 0.717) is 13.2 Å². The third-order valence-electron chi connectivity index (χ3n) is 4.10. The van der Waals surface area contributed by atoms with Gasteiger partial charge < -0.3 is 9.72 Å². The molecule has 0 aliphatic carbocycles. The maximum Gasteiger partial charge on any atom is 0.320 e. The van der Waals surface area contributed by atoms with Crippen LogP contribution in [0.2, 0.25) is 0 Å². The van der Waals surface area contributed by atoms with Crippen molar-refractivity contribution in [2.24, 2.45) is 0 Å². The fourth-order valence-corrected chi connectivity index (χ4v) is 3.07. The lowest BCUT2D eigenvalue weighted by Gasteiger charge is -2.32. The van der Waals surface area contributed by atoms with Crippen molar-refractivity contribution in [1.29, 1.82) is 0 Å². The molecule has 2 aromatic rings. The Hall–Kier alpha value is -1.81. The van der Waals surface area contributed by atoms with Crippen LogP contribution >= 0.6 is 0 Å². The van der Waals surface area contributed by atoms with Crippen molar-refractivity contribution < 1.29 is 9.53 Å². The largest absolute Gasteiger partial charge is 0.465 e. The second-order valence-electron chi connectivity index (χ2n) is 5.26. The van der Waals surface area contributed by atoms with Gasteiger partial charge in [0.05, 0.1) is 13.2 Å². The molecule has 0 saturated carbocycles. The van der Waals surface area contributed by atoms with E-state index >= 15 is 0 Å². The number of benzene rings is 1. The Bertz CT molecular complexity index is 632. The standard InChI is InChI=1S/C16H20N2O2/c1-3-20-15(19)10-18-9-8-13-12-6-4-5-7-14(12)17-16(13)11(18)2/h4-7,11,17H,3,8-10H2,1-2H3. The molecule has 4 nitrogen and oxygen atoms in total. The zero-order chi connectivity index (χ0) is 14.1. The number of fused-ring (bicyclic) bond motifs is 3. The smallest absolute Gasteiger partial charge is 0.320 e. The number of esters is 1. The molecule has 106 valence electrons. The summed E-state index contributed by atoms with van der Waals surface area (Å²) in [5.74, 6) is -0.140. The van der Waals surface area contributed by atoms with E-state index in [-0.39, 0.29) is 12.0 Å². The molecule has 1 atom stereocenters. The number of H-pyrrole nitrogens is 1. The van der Waals surface area contributed by atoms with Crippen LogP contribution in [0.1, 0.15) is 31.1 Å². The number of rotatable bonds is 3. The summed E-state index contributed by atoms with van der Waals surface area (Å²) in [4.78, 5) is 17.4. The van der Waals surface area contributed by atoms with Crippen molar-refractivity contribution in [2.75, 3.05) is 19.7 Å². The topological polar surface area (TPSA) is 45.3 Å². The number of aromatic nitrogens is 1. The Morgan fingerprint density at radius 1 is 1.45 bits per heavy atom. The molecule has 0 bridgehead atoms. The highest BCUT2D eigenvalue weighted by molar-refractivity contribution is 5.85. The summed E-state index contributed by atoms with van der Waals surface area (Å²) < 4.78 is 5.05. The lowest BCUT2D eigenvalue weighted by Crippen LogP contribution is -2.38. The molecule has 20 heavy (non-hydrogen) atoms. The van der Waals surface area contributed by atoms with Gasteiger partial charge in [-0.2, -0.15) is 0 Å². The first-order valence-corrected chi connectivity index (χ1v) is 7.20. The molecular formula is C16H20N2O2. The van der Waals surface area contributed by atoms with Gasteiger partial charge in [-0.25, -0.2) is 0 Å². The monoisotopic (exact) mass is 272 g/mol. The number of aromatic amines is 1. The van der Waals surface area contributed by atoms with E-state index in [1.807, 2.05) is 13.0 Å². The van der Waals surface area contributed by atoms with Gasteiger partial charge in [-0.3, -0.25) is 9.69 Å². The number of hydrogen-bond acceptors (Lipinski definition) is 3. The van der Waals surface area contributed by atoms with E-state index in [1.54, 1.807) is 0 Å². The normalized spacial score (nSPS) is 19.0. The molecule has 1 aromatic carbocycles. The number of hydrogen-bond donors (Lipinski definition) is 1. The molecule has 1 aliphatic rings. The van der Waals surface area contributed by atoms with Crippen LogP contribution in [0.4, 0.5) is 0 Å². The zero-order valence-corrected chi connectivity index (χ0v) is 12.0. The average molecular weight is 272 g/mol. The van der Waals surface area contributed by atoms with Crippen molar-refractivity contribution in [1.82, 2.24) is 9.88 Å². The average Bonchev–Trinajstić information content (AvgIpc) is 2.82. The van der Waals surface area contributed by atoms with Gasteiger partial charge >= 0.3 is 5.97 Å². The molecule has 0 amide bonds. The van der Waals surface area contributed by atoms with E-state index in [0.717, 1.165) is 13.0 Å². The fraction of sp³-hybridized carbons (Fsp3) is 0.438. The minimum absolute atomic E-state index is 0.140. The van der Waals surface area contributed by atoms with E-state index in [2.05, 4.69) is 35.0 Å². The molecule has 0 radical (unpaired) electrons. The predicted molar refractivity (Wildman–Crippen MR) is 78.6 cm³/mol. The summed E-state index contributed by atoms with van der Waals surface area (Å²) in [6.07, 6.45) is 0.975. The van der Waals surface area contributed by atoms with Crippen molar-refractivity contribution in [3.8, 4) is 0 Å². The lowest BCUT2D eigenvalue weighted by atomic mass is 9.98. The summed E-state index contributed by atoms with van der Waals surface area (Å²) in [5.41, 5.74) is 3.82. The minimum Gasteiger partial charge on any atom is -0.465 e. The predicted octanol–water partition coefficient (Wildman–Crippen LogP) is 2.65. The highest BCUT2D eigenvalue weighted by Crippen LogP contribution is 2.33. The van der Waals surface area contributed by atoms with Crippen LogP contribution in [0.15, 0.2) is 24.3 Å². The molecule has 0 saturated heterocycles. The second-order valence-corrected chi connectivity index (χ2v) is 5.26. The van der Waals surface area contributed by atoms with E-state index in [9.17, 15) is 4.79 Å². The lowest BCUT2D eigenvalue weighted by molar-refractivity contribution is -0.145. The van der Waals surface area contributed by atoms with Crippen LogP contribution < -0.4 is 0 Å². The van der Waals surface area contributed by atoms with Gasteiger partial charge in [0.15, 0.2) is 0 Å². The third-order valence-corrected chi connectivity index (χ3v) is 4.10. The molecule has 4 heteroatoms. The van der Waals surface area contributed by atoms with E-state index in [4.69, 9.17) is 4.74 Å². The number of para-hydroxylation sites is 1. The fourth-order valence-electron chi connectivity index (χ4n) is 3.07. The molecule has 1 N–H and O–H groups in total. The quantitative estimate of drug-likeness (QED) is 0.874. The van der Waals surface area contributed by atoms with Crippen molar-refractivity contribution in [3.63, 3.8) is 0 Å². The van der Waals surface area contributed by atoms with Crippen LogP contribution in [0.5, 0.6) is 0 Å².